The summed E-state index contributed by atoms with van der Waals surface area (Å²) in [5.74, 6) is 0. The third-order valence-corrected chi connectivity index (χ3v) is 4.27. The van der Waals surface area contributed by atoms with E-state index in [0.717, 1.165) is 12.8 Å². The molecule has 2 N–H and O–H groups in total. The molecule has 1 aromatic rings. The fourth-order valence-corrected chi connectivity index (χ4v) is 3.33. The number of fused-ring (bicyclic) bond motifs is 1. The molecule has 0 spiro atoms. The van der Waals surface area contributed by atoms with Crippen molar-refractivity contribution in [3.63, 3.8) is 0 Å². The van der Waals surface area contributed by atoms with Gasteiger partial charge >= 0.3 is 0 Å². The van der Waals surface area contributed by atoms with Crippen LogP contribution in [0.2, 0.25) is 0 Å². The van der Waals surface area contributed by atoms with E-state index in [1.165, 1.54) is 43.6 Å². The van der Waals surface area contributed by atoms with Crippen molar-refractivity contribution in [1.82, 2.24) is 14.7 Å². The van der Waals surface area contributed by atoms with Gasteiger partial charge < -0.3 is 5.73 Å². The molecule has 94 valence electrons. The number of aromatic nitrogens is 2. The number of aryl methyl sites for hydroxylation is 1. The maximum Gasteiger partial charge on any atom is 0.0540 e. The lowest BCUT2D eigenvalue weighted by atomic mass is 9.87. The zero-order valence-electron chi connectivity index (χ0n) is 10.6. The van der Waals surface area contributed by atoms with Crippen LogP contribution in [0.4, 0.5) is 0 Å². The first-order chi connectivity index (χ1) is 8.25. The number of hydrogen-bond donors (Lipinski definition) is 1. The highest BCUT2D eigenvalue weighted by Crippen LogP contribution is 2.34. The van der Waals surface area contributed by atoms with Crippen molar-refractivity contribution in [3.8, 4) is 0 Å². The zero-order chi connectivity index (χ0) is 11.8. The highest BCUT2D eigenvalue weighted by atomic mass is 15.3. The molecule has 2 aliphatic rings. The standard InChI is InChI=1S/C13H22N4/c1-16-12-7-10(14)8-13(11(12)9-15-16)17-5-3-2-4-6-17/h9-10,13H,2-8,14H2,1H3. The van der Waals surface area contributed by atoms with Crippen molar-refractivity contribution in [2.24, 2.45) is 12.8 Å². The largest absolute Gasteiger partial charge is 0.327 e. The molecule has 0 aromatic carbocycles. The number of piperidine rings is 1. The van der Waals surface area contributed by atoms with Crippen molar-refractivity contribution in [1.29, 1.82) is 0 Å². The molecule has 2 unspecified atom stereocenters. The minimum Gasteiger partial charge on any atom is -0.327 e. The molecule has 4 nitrogen and oxygen atoms in total. The van der Waals surface area contributed by atoms with E-state index in [1.54, 1.807) is 0 Å². The molecule has 1 aliphatic heterocycles. The molecule has 0 saturated carbocycles. The lowest BCUT2D eigenvalue weighted by Gasteiger charge is -2.38. The SMILES string of the molecule is Cn1ncc2c1CC(N)CC2N1CCCCC1. The average Bonchev–Trinajstić information content (AvgIpc) is 2.72. The predicted molar refractivity (Wildman–Crippen MR) is 67.7 cm³/mol. The summed E-state index contributed by atoms with van der Waals surface area (Å²) in [6.45, 7) is 2.46. The molecule has 1 fully saturated rings. The van der Waals surface area contributed by atoms with Gasteiger partial charge in [0.05, 0.1) is 6.20 Å². The summed E-state index contributed by atoms with van der Waals surface area (Å²) in [5, 5.41) is 4.41. The van der Waals surface area contributed by atoms with Crippen LogP contribution in [0.25, 0.3) is 0 Å². The van der Waals surface area contributed by atoms with E-state index in [2.05, 4.69) is 16.2 Å². The van der Waals surface area contributed by atoms with Gasteiger partial charge in [0.2, 0.25) is 0 Å². The first-order valence-electron chi connectivity index (χ1n) is 6.76. The van der Waals surface area contributed by atoms with Crippen LogP contribution in [0.5, 0.6) is 0 Å². The Bertz CT molecular complexity index is 392. The normalized spacial score (nSPS) is 30.2. The summed E-state index contributed by atoms with van der Waals surface area (Å²) in [6, 6.07) is 0.813. The Morgan fingerprint density at radius 2 is 2.06 bits per heavy atom. The van der Waals surface area contributed by atoms with Crippen molar-refractivity contribution in [3.05, 3.63) is 17.5 Å². The van der Waals surface area contributed by atoms with Crippen molar-refractivity contribution in [2.75, 3.05) is 13.1 Å². The van der Waals surface area contributed by atoms with Gasteiger partial charge in [0.15, 0.2) is 0 Å². The average molecular weight is 234 g/mol. The van der Waals surface area contributed by atoms with Crippen LogP contribution in [0.1, 0.15) is 43.0 Å². The van der Waals surface area contributed by atoms with E-state index in [-0.39, 0.29) is 0 Å². The molecule has 0 amide bonds. The minimum absolute atomic E-state index is 0.296. The molecule has 0 bridgehead atoms. The van der Waals surface area contributed by atoms with Crippen LogP contribution in [0, 0.1) is 0 Å². The van der Waals surface area contributed by atoms with Crippen LogP contribution >= 0.6 is 0 Å². The Kier molecular flexibility index (Phi) is 2.92. The summed E-state index contributed by atoms with van der Waals surface area (Å²) in [7, 11) is 2.03. The molecular formula is C13H22N4. The second kappa shape index (κ2) is 4.42. The second-order valence-corrected chi connectivity index (χ2v) is 5.48. The Labute approximate surface area is 103 Å². The Balaban J connectivity index is 1.89. The van der Waals surface area contributed by atoms with Crippen LogP contribution in [-0.2, 0) is 13.5 Å². The Morgan fingerprint density at radius 1 is 1.29 bits per heavy atom. The van der Waals surface area contributed by atoms with E-state index in [0.29, 0.717) is 12.1 Å². The highest BCUT2D eigenvalue weighted by Gasteiger charge is 2.32. The van der Waals surface area contributed by atoms with E-state index < -0.39 is 0 Å². The Hall–Kier alpha value is -0.870. The van der Waals surface area contributed by atoms with Crippen molar-refractivity contribution < 1.29 is 0 Å². The molecule has 0 radical (unpaired) electrons. The number of nitrogens with zero attached hydrogens (tertiary/aromatic N) is 3. The van der Waals surface area contributed by atoms with Gasteiger partial charge in [0, 0.05) is 36.8 Å². The fraction of sp³-hybridized carbons (Fsp3) is 0.769. The summed E-state index contributed by atoms with van der Waals surface area (Å²) in [6.07, 6.45) is 8.19. The quantitative estimate of drug-likeness (QED) is 0.795. The first-order valence-corrected chi connectivity index (χ1v) is 6.76. The maximum absolute atomic E-state index is 6.21. The van der Waals surface area contributed by atoms with Crippen LogP contribution in [-0.4, -0.2) is 33.8 Å². The van der Waals surface area contributed by atoms with Crippen molar-refractivity contribution >= 4 is 0 Å². The Morgan fingerprint density at radius 3 is 2.82 bits per heavy atom. The summed E-state index contributed by atoms with van der Waals surface area (Å²) in [5.41, 5.74) is 8.98. The van der Waals surface area contributed by atoms with Crippen LogP contribution in [0.3, 0.4) is 0 Å². The van der Waals surface area contributed by atoms with E-state index in [1.807, 2.05) is 11.7 Å². The first kappa shape index (κ1) is 11.2. The van der Waals surface area contributed by atoms with E-state index >= 15 is 0 Å². The number of likely N-dealkylation sites (tertiary alicyclic amines) is 1. The van der Waals surface area contributed by atoms with Crippen LogP contribution in [0.15, 0.2) is 6.20 Å². The molecule has 2 atom stereocenters. The topological polar surface area (TPSA) is 47.1 Å². The number of hydrogen-bond acceptors (Lipinski definition) is 3. The molecule has 2 heterocycles. The number of rotatable bonds is 1. The molecule has 3 rings (SSSR count). The molecule has 4 heteroatoms. The monoisotopic (exact) mass is 234 g/mol. The number of nitrogens with two attached hydrogens (primary N) is 1. The van der Waals surface area contributed by atoms with Gasteiger partial charge in [-0.3, -0.25) is 9.58 Å². The van der Waals surface area contributed by atoms with Gasteiger partial charge in [-0.25, -0.2) is 0 Å². The van der Waals surface area contributed by atoms with E-state index in [4.69, 9.17) is 5.73 Å². The third kappa shape index (κ3) is 2.00. The van der Waals surface area contributed by atoms with Gasteiger partial charge in [0.25, 0.3) is 0 Å². The summed E-state index contributed by atoms with van der Waals surface area (Å²) in [4.78, 5) is 2.61. The van der Waals surface area contributed by atoms with Crippen molar-refractivity contribution in [2.45, 2.75) is 44.2 Å². The van der Waals surface area contributed by atoms with Gasteiger partial charge in [-0.05, 0) is 32.4 Å². The summed E-state index contributed by atoms with van der Waals surface area (Å²) < 4.78 is 2.01. The lowest BCUT2D eigenvalue weighted by molar-refractivity contribution is 0.142. The summed E-state index contributed by atoms with van der Waals surface area (Å²) >= 11 is 0. The predicted octanol–water partition coefficient (Wildman–Crippen LogP) is 1.22. The third-order valence-electron chi connectivity index (χ3n) is 4.27. The van der Waals surface area contributed by atoms with E-state index in [9.17, 15) is 0 Å². The lowest BCUT2D eigenvalue weighted by Crippen LogP contribution is -2.41. The van der Waals surface area contributed by atoms with Gasteiger partial charge in [0.1, 0.15) is 0 Å². The zero-order valence-corrected chi connectivity index (χ0v) is 10.6. The second-order valence-electron chi connectivity index (χ2n) is 5.48. The minimum atomic E-state index is 0.296. The maximum atomic E-state index is 6.21. The molecule has 1 saturated heterocycles. The highest BCUT2D eigenvalue weighted by molar-refractivity contribution is 5.26. The van der Waals surface area contributed by atoms with Gasteiger partial charge in [-0.1, -0.05) is 6.42 Å². The van der Waals surface area contributed by atoms with Crippen LogP contribution < -0.4 is 5.73 Å². The van der Waals surface area contributed by atoms with Gasteiger partial charge in [-0.2, -0.15) is 5.10 Å². The molecule has 1 aromatic heterocycles. The molecular weight excluding hydrogens is 212 g/mol. The smallest absolute Gasteiger partial charge is 0.0540 e. The molecule has 17 heavy (non-hydrogen) atoms. The molecule has 1 aliphatic carbocycles. The fourth-order valence-electron chi connectivity index (χ4n) is 3.33. The van der Waals surface area contributed by atoms with Gasteiger partial charge in [-0.15, -0.1) is 0 Å².